The minimum absolute atomic E-state index is 0.123. The largest absolute Gasteiger partial charge is 0.376 e. The number of aromatic nitrogens is 2. The van der Waals surface area contributed by atoms with Crippen molar-refractivity contribution in [2.75, 3.05) is 19.8 Å². The second-order valence-corrected chi connectivity index (χ2v) is 3.81. The zero-order valence-corrected chi connectivity index (χ0v) is 9.36. The highest BCUT2D eigenvalue weighted by Crippen LogP contribution is 2.16. The molecule has 88 valence electrons. The lowest BCUT2D eigenvalue weighted by Gasteiger charge is -2.22. The molecule has 1 aliphatic rings. The number of nitrogens with one attached hydrogen (secondary N) is 1. The number of nitrogens with zero attached hydrogens (tertiary/aromatic N) is 1. The number of aryl methyl sites for hydroxylation is 1. The van der Waals surface area contributed by atoms with Crippen molar-refractivity contribution in [3.05, 3.63) is 27.9 Å². The van der Waals surface area contributed by atoms with Crippen LogP contribution in [-0.2, 0) is 15.9 Å². The molecule has 1 fully saturated rings. The molecule has 1 aromatic rings. The van der Waals surface area contributed by atoms with Gasteiger partial charge in [0.15, 0.2) is 0 Å². The summed E-state index contributed by atoms with van der Waals surface area (Å²) in [5, 5.41) is 0. The molecule has 5 nitrogen and oxygen atoms in total. The maximum Gasteiger partial charge on any atom is 0.251 e. The summed E-state index contributed by atoms with van der Waals surface area (Å²) < 4.78 is 10.8. The first-order valence-electron chi connectivity index (χ1n) is 5.59. The monoisotopic (exact) mass is 224 g/mol. The molecular weight excluding hydrogens is 208 g/mol. The molecule has 0 saturated carbocycles. The first-order valence-corrected chi connectivity index (χ1v) is 5.59. The summed E-state index contributed by atoms with van der Waals surface area (Å²) in [6.07, 6.45) is 1.54. The normalized spacial score (nSPS) is 20.9. The predicted molar refractivity (Wildman–Crippen MR) is 58.4 cm³/mol. The van der Waals surface area contributed by atoms with Gasteiger partial charge < -0.3 is 14.5 Å². The van der Waals surface area contributed by atoms with Crippen LogP contribution in [0.3, 0.4) is 0 Å². The lowest BCUT2D eigenvalue weighted by molar-refractivity contribution is -0.0936. The standard InChI is InChI=1S/C11H16N2O3/c1-2-3-8-6-10(14)13-11(12-8)9-7-15-4-5-16-9/h6,9H,2-5,7H2,1H3,(H,12,13,14). The van der Waals surface area contributed by atoms with Crippen molar-refractivity contribution in [3.63, 3.8) is 0 Å². The zero-order valence-electron chi connectivity index (χ0n) is 9.36. The van der Waals surface area contributed by atoms with Crippen LogP contribution in [0.25, 0.3) is 0 Å². The van der Waals surface area contributed by atoms with E-state index in [4.69, 9.17) is 9.47 Å². The van der Waals surface area contributed by atoms with Gasteiger partial charge in [0.05, 0.1) is 19.8 Å². The van der Waals surface area contributed by atoms with E-state index < -0.39 is 0 Å². The van der Waals surface area contributed by atoms with Gasteiger partial charge in [-0.3, -0.25) is 4.79 Å². The second-order valence-electron chi connectivity index (χ2n) is 3.81. The van der Waals surface area contributed by atoms with E-state index in [-0.39, 0.29) is 11.7 Å². The van der Waals surface area contributed by atoms with E-state index >= 15 is 0 Å². The van der Waals surface area contributed by atoms with Crippen LogP contribution in [0, 0.1) is 0 Å². The van der Waals surface area contributed by atoms with Crippen molar-refractivity contribution in [2.24, 2.45) is 0 Å². The molecule has 2 rings (SSSR count). The molecule has 0 aliphatic carbocycles. The Labute approximate surface area is 93.8 Å². The smallest absolute Gasteiger partial charge is 0.251 e. The van der Waals surface area contributed by atoms with Crippen molar-refractivity contribution >= 4 is 0 Å². The molecule has 1 aromatic heterocycles. The van der Waals surface area contributed by atoms with E-state index in [1.165, 1.54) is 6.07 Å². The molecule has 5 heteroatoms. The molecule has 1 unspecified atom stereocenters. The molecule has 0 bridgehead atoms. The molecule has 1 aliphatic heterocycles. The van der Waals surface area contributed by atoms with Crippen molar-refractivity contribution in [1.29, 1.82) is 0 Å². The van der Waals surface area contributed by atoms with Crippen LogP contribution in [0.15, 0.2) is 10.9 Å². The molecule has 1 saturated heterocycles. The number of hydrogen-bond donors (Lipinski definition) is 1. The lowest BCUT2D eigenvalue weighted by Crippen LogP contribution is -2.26. The summed E-state index contributed by atoms with van der Waals surface area (Å²) in [5.74, 6) is 0.579. The third-order valence-corrected chi connectivity index (χ3v) is 2.44. The zero-order chi connectivity index (χ0) is 11.4. The van der Waals surface area contributed by atoms with Gasteiger partial charge in [-0.25, -0.2) is 4.98 Å². The molecular formula is C11H16N2O3. The molecule has 16 heavy (non-hydrogen) atoms. The van der Waals surface area contributed by atoms with Crippen LogP contribution in [0.1, 0.15) is 31.0 Å². The molecule has 0 radical (unpaired) electrons. The van der Waals surface area contributed by atoms with Gasteiger partial charge in [-0.05, 0) is 6.42 Å². The fraction of sp³-hybridized carbons (Fsp3) is 0.636. The number of ether oxygens (including phenoxy) is 2. The quantitative estimate of drug-likeness (QED) is 0.825. The number of rotatable bonds is 3. The van der Waals surface area contributed by atoms with E-state index in [1.807, 2.05) is 0 Å². The van der Waals surface area contributed by atoms with E-state index in [9.17, 15) is 4.79 Å². The molecule has 2 heterocycles. The fourth-order valence-corrected chi connectivity index (χ4v) is 1.71. The first-order chi connectivity index (χ1) is 7.79. The van der Waals surface area contributed by atoms with Gasteiger partial charge in [-0.1, -0.05) is 13.3 Å². The molecule has 1 atom stereocenters. The predicted octanol–water partition coefficient (Wildman–Crippen LogP) is 0.810. The SMILES string of the molecule is CCCc1cc(=O)[nH]c(C2COCCO2)n1. The number of aromatic amines is 1. The third-order valence-electron chi connectivity index (χ3n) is 2.44. The van der Waals surface area contributed by atoms with Crippen LogP contribution >= 0.6 is 0 Å². The topological polar surface area (TPSA) is 64.2 Å². The number of hydrogen-bond acceptors (Lipinski definition) is 4. The van der Waals surface area contributed by atoms with E-state index in [0.29, 0.717) is 25.6 Å². The average Bonchev–Trinajstić information content (AvgIpc) is 2.30. The van der Waals surface area contributed by atoms with Gasteiger partial charge in [-0.15, -0.1) is 0 Å². The highest BCUT2D eigenvalue weighted by molar-refractivity contribution is 5.05. The highest BCUT2D eigenvalue weighted by Gasteiger charge is 2.19. The Morgan fingerprint density at radius 2 is 2.44 bits per heavy atom. The Morgan fingerprint density at radius 1 is 1.56 bits per heavy atom. The Bertz CT molecular complexity index is 396. The fourth-order valence-electron chi connectivity index (χ4n) is 1.71. The maximum atomic E-state index is 11.4. The van der Waals surface area contributed by atoms with Crippen LogP contribution in [0.5, 0.6) is 0 Å². The van der Waals surface area contributed by atoms with Crippen LogP contribution < -0.4 is 5.56 Å². The average molecular weight is 224 g/mol. The summed E-state index contributed by atoms with van der Waals surface area (Å²) in [6.45, 7) is 3.67. The maximum absolute atomic E-state index is 11.4. The van der Waals surface area contributed by atoms with Gasteiger partial charge in [0.1, 0.15) is 11.9 Å². The van der Waals surface area contributed by atoms with Crippen LogP contribution in [-0.4, -0.2) is 29.8 Å². The third kappa shape index (κ3) is 2.68. The molecule has 1 N–H and O–H groups in total. The summed E-state index contributed by atoms with van der Waals surface area (Å²) >= 11 is 0. The second kappa shape index (κ2) is 5.23. The minimum Gasteiger partial charge on any atom is -0.376 e. The Hall–Kier alpha value is -1.20. The molecule has 0 spiro atoms. The van der Waals surface area contributed by atoms with Crippen molar-refractivity contribution in [1.82, 2.24) is 9.97 Å². The van der Waals surface area contributed by atoms with Gasteiger partial charge >= 0.3 is 0 Å². The summed E-state index contributed by atoms with van der Waals surface area (Å²) in [4.78, 5) is 18.5. The summed E-state index contributed by atoms with van der Waals surface area (Å²) in [7, 11) is 0. The van der Waals surface area contributed by atoms with Gasteiger partial charge in [-0.2, -0.15) is 0 Å². The lowest BCUT2D eigenvalue weighted by atomic mass is 10.2. The summed E-state index contributed by atoms with van der Waals surface area (Å²) in [5.41, 5.74) is 0.693. The first kappa shape index (κ1) is 11.3. The van der Waals surface area contributed by atoms with Gasteiger partial charge in [0.25, 0.3) is 5.56 Å². The van der Waals surface area contributed by atoms with Crippen molar-refractivity contribution < 1.29 is 9.47 Å². The highest BCUT2D eigenvalue weighted by atomic mass is 16.6. The van der Waals surface area contributed by atoms with Crippen molar-refractivity contribution in [2.45, 2.75) is 25.9 Å². The summed E-state index contributed by atoms with van der Waals surface area (Å²) in [6, 6.07) is 1.54. The Balaban J connectivity index is 2.21. The van der Waals surface area contributed by atoms with Crippen molar-refractivity contribution in [3.8, 4) is 0 Å². The molecule has 0 aromatic carbocycles. The van der Waals surface area contributed by atoms with Gasteiger partial charge in [0.2, 0.25) is 0 Å². The van der Waals surface area contributed by atoms with Gasteiger partial charge in [0, 0.05) is 11.8 Å². The van der Waals surface area contributed by atoms with E-state index in [0.717, 1.165) is 18.5 Å². The Morgan fingerprint density at radius 3 is 3.12 bits per heavy atom. The Kier molecular flexibility index (Phi) is 3.69. The minimum atomic E-state index is -0.238. The van der Waals surface area contributed by atoms with Crippen LogP contribution in [0.2, 0.25) is 0 Å². The van der Waals surface area contributed by atoms with Crippen LogP contribution in [0.4, 0.5) is 0 Å². The molecule has 0 amide bonds. The van der Waals surface area contributed by atoms with E-state index in [2.05, 4.69) is 16.9 Å². The number of H-pyrrole nitrogens is 1. The van der Waals surface area contributed by atoms with E-state index in [1.54, 1.807) is 0 Å².